The SMILES string of the molecule is Cc1nc(CC(=O)N(Cc2ccc(OCC3CCC3)cc2)C2CC2)cs1. The van der Waals surface area contributed by atoms with Crippen molar-refractivity contribution in [3.63, 3.8) is 0 Å². The molecular weight excluding hydrogens is 344 g/mol. The zero-order valence-electron chi connectivity index (χ0n) is 15.3. The first-order valence-electron chi connectivity index (χ1n) is 9.59. The maximum atomic E-state index is 12.8. The van der Waals surface area contributed by atoms with Crippen molar-refractivity contribution < 1.29 is 9.53 Å². The molecule has 0 radical (unpaired) electrons. The van der Waals surface area contributed by atoms with E-state index in [0.717, 1.165) is 47.4 Å². The molecule has 2 fully saturated rings. The Morgan fingerprint density at radius 3 is 2.58 bits per heavy atom. The highest BCUT2D eigenvalue weighted by atomic mass is 32.1. The molecule has 1 heterocycles. The first-order chi connectivity index (χ1) is 12.7. The molecule has 4 rings (SSSR count). The fraction of sp³-hybridized carbons (Fsp3) is 0.524. The molecule has 2 saturated carbocycles. The van der Waals surface area contributed by atoms with Crippen LogP contribution in [0.15, 0.2) is 29.6 Å². The maximum absolute atomic E-state index is 12.8. The van der Waals surface area contributed by atoms with Gasteiger partial charge in [0.05, 0.1) is 23.7 Å². The van der Waals surface area contributed by atoms with Crippen molar-refractivity contribution in [3.8, 4) is 5.75 Å². The fourth-order valence-electron chi connectivity index (χ4n) is 3.31. The lowest BCUT2D eigenvalue weighted by molar-refractivity contribution is -0.131. The Morgan fingerprint density at radius 1 is 1.23 bits per heavy atom. The normalized spacial score (nSPS) is 17.0. The first kappa shape index (κ1) is 17.5. The first-order valence-corrected chi connectivity index (χ1v) is 10.5. The van der Waals surface area contributed by atoms with Crippen LogP contribution in [-0.4, -0.2) is 28.4 Å². The summed E-state index contributed by atoms with van der Waals surface area (Å²) in [4.78, 5) is 19.2. The van der Waals surface area contributed by atoms with Gasteiger partial charge in [-0.05, 0) is 56.2 Å². The Balaban J connectivity index is 1.34. The van der Waals surface area contributed by atoms with Crippen LogP contribution in [0.3, 0.4) is 0 Å². The van der Waals surface area contributed by atoms with Gasteiger partial charge in [0, 0.05) is 18.0 Å². The number of hydrogen-bond donors (Lipinski definition) is 0. The third-order valence-corrected chi connectivity index (χ3v) is 6.12. The van der Waals surface area contributed by atoms with Gasteiger partial charge in [0.15, 0.2) is 0 Å². The maximum Gasteiger partial charge on any atom is 0.229 e. The summed E-state index contributed by atoms with van der Waals surface area (Å²) in [6.45, 7) is 3.49. The Bertz CT molecular complexity index is 748. The number of thiazole rings is 1. The van der Waals surface area contributed by atoms with E-state index in [4.69, 9.17) is 4.74 Å². The van der Waals surface area contributed by atoms with Gasteiger partial charge in [-0.2, -0.15) is 0 Å². The van der Waals surface area contributed by atoms with E-state index in [9.17, 15) is 4.79 Å². The lowest BCUT2D eigenvalue weighted by Crippen LogP contribution is -2.33. The molecule has 1 amide bonds. The number of amides is 1. The summed E-state index contributed by atoms with van der Waals surface area (Å²) in [6, 6.07) is 8.65. The molecule has 1 aromatic carbocycles. The Morgan fingerprint density at radius 2 is 2.00 bits per heavy atom. The molecular formula is C21H26N2O2S. The van der Waals surface area contributed by atoms with E-state index in [1.54, 1.807) is 11.3 Å². The summed E-state index contributed by atoms with van der Waals surface area (Å²) in [5.41, 5.74) is 2.05. The van der Waals surface area contributed by atoms with Crippen molar-refractivity contribution in [2.24, 2.45) is 5.92 Å². The van der Waals surface area contributed by atoms with Crippen LogP contribution in [-0.2, 0) is 17.8 Å². The van der Waals surface area contributed by atoms with Gasteiger partial charge in [-0.3, -0.25) is 4.79 Å². The third kappa shape index (κ3) is 4.44. The van der Waals surface area contributed by atoms with Gasteiger partial charge in [0.1, 0.15) is 5.75 Å². The average molecular weight is 371 g/mol. The van der Waals surface area contributed by atoms with E-state index >= 15 is 0 Å². The lowest BCUT2D eigenvalue weighted by atomic mass is 9.86. The predicted octanol–water partition coefficient (Wildman–Crippen LogP) is 4.36. The highest BCUT2D eigenvalue weighted by Gasteiger charge is 2.32. The zero-order valence-corrected chi connectivity index (χ0v) is 16.1. The van der Waals surface area contributed by atoms with Crippen LogP contribution in [0.2, 0.25) is 0 Å². The molecule has 0 saturated heterocycles. The van der Waals surface area contributed by atoms with E-state index in [1.807, 2.05) is 29.3 Å². The Kier molecular flexibility index (Phi) is 5.25. The molecule has 1 aromatic heterocycles. The van der Waals surface area contributed by atoms with Crippen molar-refractivity contribution in [3.05, 3.63) is 45.9 Å². The Labute approximate surface area is 159 Å². The average Bonchev–Trinajstić information content (AvgIpc) is 3.35. The molecule has 2 aliphatic rings. The minimum absolute atomic E-state index is 0.183. The van der Waals surface area contributed by atoms with E-state index in [2.05, 4.69) is 17.1 Å². The van der Waals surface area contributed by atoms with Crippen molar-refractivity contribution in [2.75, 3.05) is 6.61 Å². The van der Waals surface area contributed by atoms with E-state index < -0.39 is 0 Å². The van der Waals surface area contributed by atoms with E-state index in [0.29, 0.717) is 19.0 Å². The molecule has 0 bridgehead atoms. The molecule has 2 aliphatic carbocycles. The van der Waals surface area contributed by atoms with Crippen LogP contribution in [0.5, 0.6) is 5.75 Å². The molecule has 0 spiro atoms. The topological polar surface area (TPSA) is 42.4 Å². The van der Waals surface area contributed by atoms with Gasteiger partial charge in [-0.15, -0.1) is 11.3 Å². The summed E-state index contributed by atoms with van der Waals surface area (Å²) in [5.74, 6) is 1.86. The van der Waals surface area contributed by atoms with E-state index in [-0.39, 0.29) is 5.91 Å². The van der Waals surface area contributed by atoms with Crippen molar-refractivity contribution in [2.45, 2.75) is 58.0 Å². The summed E-state index contributed by atoms with van der Waals surface area (Å²) in [5, 5.41) is 3.01. The summed E-state index contributed by atoms with van der Waals surface area (Å²) < 4.78 is 5.87. The zero-order chi connectivity index (χ0) is 17.9. The van der Waals surface area contributed by atoms with Gasteiger partial charge < -0.3 is 9.64 Å². The molecule has 4 nitrogen and oxygen atoms in total. The highest BCUT2D eigenvalue weighted by molar-refractivity contribution is 7.09. The van der Waals surface area contributed by atoms with Crippen molar-refractivity contribution in [1.82, 2.24) is 9.88 Å². The largest absolute Gasteiger partial charge is 0.493 e. The number of carbonyl (C=O) groups is 1. The number of rotatable bonds is 8. The quantitative estimate of drug-likeness (QED) is 0.693. The van der Waals surface area contributed by atoms with Gasteiger partial charge in [0.25, 0.3) is 0 Å². The lowest BCUT2D eigenvalue weighted by Gasteiger charge is -2.25. The molecule has 0 unspecified atom stereocenters. The molecule has 0 atom stereocenters. The minimum Gasteiger partial charge on any atom is -0.493 e. The van der Waals surface area contributed by atoms with Gasteiger partial charge >= 0.3 is 0 Å². The summed E-state index contributed by atoms with van der Waals surface area (Å²) in [7, 11) is 0. The standard InChI is InChI=1S/C21H26N2O2S/c1-15-22-18(14-26-15)11-21(24)23(19-7-8-19)12-16-5-9-20(10-6-16)25-13-17-3-2-4-17/h5-6,9-10,14,17,19H,2-4,7-8,11-13H2,1H3. The molecule has 2 aromatic rings. The van der Waals surface area contributed by atoms with Crippen LogP contribution in [0, 0.1) is 12.8 Å². The molecule has 26 heavy (non-hydrogen) atoms. The van der Waals surface area contributed by atoms with Gasteiger partial charge in [0.2, 0.25) is 5.91 Å². The monoisotopic (exact) mass is 370 g/mol. The number of aromatic nitrogens is 1. The number of hydrogen-bond acceptors (Lipinski definition) is 4. The summed E-state index contributed by atoms with van der Waals surface area (Å²) in [6.07, 6.45) is 6.58. The molecule has 5 heteroatoms. The summed E-state index contributed by atoms with van der Waals surface area (Å²) >= 11 is 1.60. The third-order valence-electron chi connectivity index (χ3n) is 5.29. The predicted molar refractivity (Wildman–Crippen MR) is 103 cm³/mol. The van der Waals surface area contributed by atoms with Gasteiger partial charge in [-0.1, -0.05) is 18.6 Å². The molecule has 0 aliphatic heterocycles. The number of benzene rings is 1. The number of carbonyl (C=O) groups excluding carboxylic acids is 1. The fourth-order valence-corrected chi connectivity index (χ4v) is 3.93. The van der Waals surface area contributed by atoms with Crippen LogP contribution in [0.4, 0.5) is 0 Å². The number of aryl methyl sites for hydroxylation is 1. The Hall–Kier alpha value is -1.88. The number of ether oxygens (including phenoxy) is 1. The smallest absolute Gasteiger partial charge is 0.229 e. The van der Waals surface area contributed by atoms with E-state index in [1.165, 1.54) is 19.3 Å². The second-order valence-corrected chi connectivity index (χ2v) is 8.60. The van der Waals surface area contributed by atoms with Crippen LogP contribution >= 0.6 is 11.3 Å². The van der Waals surface area contributed by atoms with Crippen LogP contribution < -0.4 is 4.74 Å². The number of nitrogens with zero attached hydrogens (tertiary/aromatic N) is 2. The van der Waals surface area contributed by atoms with Crippen LogP contribution in [0.1, 0.15) is 48.4 Å². The minimum atomic E-state index is 0.183. The second-order valence-electron chi connectivity index (χ2n) is 7.54. The molecule has 0 N–H and O–H groups in total. The van der Waals surface area contributed by atoms with Crippen molar-refractivity contribution >= 4 is 17.2 Å². The van der Waals surface area contributed by atoms with Gasteiger partial charge in [-0.25, -0.2) is 4.98 Å². The van der Waals surface area contributed by atoms with Crippen LogP contribution in [0.25, 0.3) is 0 Å². The highest BCUT2D eigenvalue weighted by Crippen LogP contribution is 2.30. The van der Waals surface area contributed by atoms with Crippen molar-refractivity contribution in [1.29, 1.82) is 0 Å². The molecule has 138 valence electrons. The second kappa shape index (κ2) is 7.78.